The van der Waals surface area contributed by atoms with E-state index in [-0.39, 0.29) is 29.9 Å². The van der Waals surface area contributed by atoms with E-state index in [1.807, 2.05) is 4.90 Å². The van der Waals surface area contributed by atoms with Crippen molar-refractivity contribution in [3.8, 4) is 23.3 Å². The number of methoxy groups -OCH3 is 2. The summed E-state index contributed by atoms with van der Waals surface area (Å²) >= 11 is 12.7. The highest BCUT2D eigenvalue weighted by Gasteiger charge is 2.45. The molecule has 4 aromatic rings. The Morgan fingerprint density at radius 1 is 0.919 bits per heavy atom. The van der Waals surface area contributed by atoms with E-state index >= 15 is 0 Å². The van der Waals surface area contributed by atoms with Crippen molar-refractivity contribution in [1.82, 2.24) is 25.0 Å². The van der Waals surface area contributed by atoms with Crippen LogP contribution in [0.5, 0.6) is 17.2 Å². The molecule has 0 aliphatic carbocycles. The number of nitrogens with one attached hydrogen (secondary N) is 3. The van der Waals surface area contributed by atoms with Gasteiger partial charge in [-0.2, -0.15) is 5.26 Å². The summed E-state index contributed by atoms with van der Waals surface area (Å²) in [5.74, 6) is -0.595. The van der Waals surface area contributed by atoms with E-state index in [4.69, 9.17) is 37.4 Å². The number of piperidine rings is 1. The molecule has 3 aliphatic heterocycles. The largest absolute Gasteiger partial charge is 0.495 e. The normalized spacial score (nSPS) is 16.5. The minimum absolute atomic E-state index is 0.0599. The maximum Gasteiger partial charge on any atom is 0.264 e. The average molecular weight is 886 g/mol. The molecule has 18 heteroatoms. The van der Waals surface area contributed by atoms with E-state index < -0.39 is 29.7 Å². The van der Waals surface area contributed by atoms with Crippen molar-refractivity contribution in [3.05, 3.63) is 75.4 Å². The topological polar surface area (TPSA) is 196 Å². The number of hydrogen-bond donors (Lipinski definition) is 3. The summed E-state index contributed by atoms with van der Waals surface area (Å²) in [6.07, 6.45) is 5.12. The van der Waals surface area contributed by atoms with Gasteiger partial charge in [0.1, 0.15) is 17.9 Å². The molecule has 1 unspecified atom stereocenters. The zero-order valence-corrected chi connectivity index (χ0v) is 35.9. The Kier molecular flexibility index (Phi) is 14.0. The van der Waals surface area contributed by atoms with Crippen LogP contribution in [0.1, 0.15) is 71.2 Å². The van der Waals surface area contributed by atoms with E-state index in [9.17, 15) is 29.2 Å². The van der Waals surface area contributed by atoms with Crippen LogP contribution in [0.4, 0.5) is 17.1 Å². The zero-order valence-electron chi connectivity index (χ0n) is 34.4. The fraction of sp³-hybridized carbons (Fsp3) is 0.386. The first kappa shape index (κ1) is 43.9. The lowest BCUT2D eigenvalue weighted by Gasteiger charge is -2.34. The minimum atomic E-state index is -1.02. The summed E-state index contributed by atoms with van der Waals surface area (Å²) in [7, 11) is 3.06. The van der Waals surface area contributed by atoms with Crippen LogP contribution in [0, 0.1) is 11.3 Å². The number of pyridine rings is 1. The quantitative estimate of drug-likeness (QED) is 0.0807. The lowest BCUT2D eigenvalue weighted by Crippen LogP contribution is -2.54. The molecule has 2 saturated heterocycles. The summed E-state index contributed by atoms with van der Waals surface area (Å²) in [6, 6.07) is 12.9. The number of nitriles is 1. The number of carbonyl (C=O) groups excluding carboxylic acids is 5. The van der Waals surface area contributed by atoms with Crippen LogP contribution >= 0.6 is 23.2 Å². The zero-order chi connectivity index (χ0) is 43.9. The van der Waals surface area contributed by atoms with Crippen molar-refractivity contribution in [2.75, 3.05) is 70.7 Å². The highest BCUT2D eigenvalue weighted by atomic mass is 35.5. The average Bonchev–Trinajstić information content (AvgIpc) is 3.53. The van der Waals surface area contributed by atoms with Crippen molar-refractivity contribution in [3.63, 3.8) is 0 Å². The Balaban J connectivity index is 0.823. The number of rotatable bonds is 17. The van der Waals surface area contributed by atoms with Gasteiger partial charge in [-0.15, -0.1) is 0 Å². The van der Waals surface area contributed by atoms with Gasteiger partial charge < -0.3 is 29.7 Å². The number of hydrogen-bond acceptors (Lipinski definition) is 13. The van der Waals surface area contributed by atoms with Gasteiger partial charge in [0.2, 0.25) is 17.7 Å². The molecule has 1 atom stereocenters. The van der Waals surface area contributed by atoms with Gasteiger partial charge in [-0.25, -0.2) is 0 Å². The number of imide groups is 2. The molecule has 5 amide bonds. The van der Waals surface area contributed by atoms with Crippen LogP contribution in [0.15, 0.2) is 48.7 Å². The number of fused-ring (bicyclic) bond motifs is 2. The number of anilines is 3. The fourth-order valence-electron chi connectivity index (χ4n) is 7.92. The molecular formula is C44H46Cl2N8O8. The molecule has 4 heterocycles. The molecule has 62 heavy (non-hydrogen) atoms. The van der Waals surface area contributed by atoms with Crippen molar-refractivity contribution < 1.29 is 38.2 Å². The van der Waals surface area contributed by atoms with Gasteiger partial charge >= 0.3 is 0 Å². The standard InChI is InChI=1S/C44H46Cl2N8O8/c1-60-35-23-33(29(45)21-30(35)46)50-41-26(24-47)25-49-32-22-37(36(61-2)20-28(32)41)62-19-7-14-52-15-17-53(18-16-52)39(56)10-4-3-5-13-48-31-9-6-8-27-40(31)44(59)54(43(27)58)34-11-12-38(55)51-42(34)57/h6,8-9,20-23,25,34,48H,3-5,7,10-19H2,1-2H3,(H,49,50)(H,51,55,57). The summed E-state index contributed by atoms with van der Waals surface area (Å²) in [5.41, 5.74) is 2.87. The Hall–Kier alpha value is -6.15. The van der Waals surface area contributed by atoms with Gasteiger partial charge in [-0.1, -0.05) is 35.7 Å². The maximum absolute atomic E-state index is 13.3. The molecule has 3 aromatic carbocycles. The summed E-state index contributed by atoms with van der Waals surface area (Å²) in [4.78, 5) is 73.2. The summed E-state index contributed by atoms with van der Waals surface area (Å²) in [5, 5.41) is 20.0. The molecule has 7 rings (SSSR count). The third kappa shape index (κ3) is 9.50. The molecule has 16 nitrogen and oxygen atoms in total. The molecule has 0 radical (unpaired) electrons. The molecule has 2 fully saturated rings. The van der Waals surface area contributed by atoms with Crippen molar-refractivity contribution in [1.29, 1.82) is 5.26 Å². The molecule has 0 saturated carbocycles. The van der Waals surface area contributed by atoms with Crippen LogP contribution in [-0.4, -0.2) is 115 Å². The van der Waals surface area contributed by atoms with Crippen molar-refractivity contribution in [2.24, 2.45) is 0 Å². The Bertz CT molecular complexity index is 2450. The second kappa shape index (κ2) is 19.7. The van der Waals surface area contributed by atoms with E-state index in [0.29, 0.717) is 93.5 Å². The first-order valence-electron chi connectivity index (χ1n) is 20.4. The third-order valence-corrected chi connectivity index (χ3v) is 11.8. The molecule has 1 aromatic heterocycles. The lowest BCUT2D eigenvalue weighted by atomic mass is 10.0. The van der Waals surface area contributed by atoms with Crippen molar-refractivity contribution in [2.45, 2.75) is 51.0 Å². The Labute approximate surface area is 368 Å². The first-order chi connectivity index (χ1) is 30.0. The Morgan fingerprint density at radius 3 is 2.45 bits per heavy atom. The van der Waals surface area contributed by atoms with Crippen LogP contribution in [0.3, 0.4) is 0 Å². The molecule has 3 N–H and O–H groups in total. The second-order valence-electron chi connectivity index (χ2n) is 15.1. The molecule has 324 valence electrons. The summed E-state index contributed by atoms with van der Waals surface area (Å²) in [6.45, 7) is 4.61. The molecule has 0 bridgehead atoms. The van der Waals surface area contributed by atoms with Crippen LogP contribution in [-0.2, 0) is 14.4 Å². The minimum Gasteiger partial charge on any atom is -0.495 e. The highest BCUT2D eigenvalue weighted by molar-refractivity contribution is 6.37. The fourth-order valence-corrected chi connectivity index (χ4v) is 8.43. The Morgan fingerprint density at radius 2 is 1.71 bits per heavy atom. The number of piperazine rings is 1. The first-order valence-corrected chi connectivity index (χ1v) is 21.2. The monoisotopic (exact) mass is 884 g/mol. The smallest absolute Gasteiger partial charge is 0.264 e. The third-order valence-electron chi connectivity index (χ3n) is 11.2. The van der Waals surface area contributed by atoms with Gasteiger partial charge in [-0.3, -0.25) is 44.1 Å². The van der Waals surface area contributed by atoms with Crippen LogP contribution in [0.25, 0.3) is 10.9 Å². The molecule has 0 spiro atoms. The number of amides is 5. The predicted octanol–water partition coefficient (Wildman–Crippen LogP) is 6.16. The van der Waals surface area contributed by atoms with E-state index in [1.165, 1.54) is 13.3 Å². The summed E-state index contributed by atoms with van der Waals surface area (Å²) < 4.78 is 17.2. The molecular weight excluding hydrogens is 839 g/mol. The number of aromatic nitrogens is 1. The number of unbranched alkanes of at least 4 members (excludes halogenated alkanes) is 2. The number of benzene rings is 3. The van der Waals surface area contributed by atoms with Crippen molar-refractivity contribution >= 4 is 80.7 Å². The van der Waals surface area contributed by atoms with E-state index in [2.05, 4.69) is 31.9 Å². The van der Waals surface area contributed by atoms with Crippen LogP contribution < -0.4 is 30.2 Å². The number of halogens is 2. The van der Waals surface area contributed by atoms with Crippen LogP contribution in [0.2, 0.25) is 10.0 Å². The highest BCUT2D eigenvalue weighted by Crippen LogP contribution is 2.41. The number of ether oxygens (including phenoxy) is 3. The SMILES string of the molecule is COc1cc(Nc2c(C#N)cnc3cc(OCCCN4CCN(C(=O)CCCCCNc5cccc6c5C(=O)N(C5CCC(=O)NC5=O)C6=O)CC4)c(OC)cc23)c(Cl)cc1Cl. The number of carbonyl (C=O) groups is 5. The van der Waals surface area contributed by atoms with E-state index in [1.54, 1.807) is 49.6 Å². The van der Waals surface area contributed by atoms with Gasteiger partial charge in [0.05, 0.1) is 64.5 Å². The lowest BCUT2D eigenvalue weighted by molar-refractivity contribution is -0.136. The van der Waals surface area contributed by atoms with Gasteiger partial charge in [0.15, 0.2) is 11.5 Å². The maximum atomic E-state index is 13.3. The second-order valence-corrected chi connectivity index (χ2v) is 15.9. The van der Waals surface area contributed by atoms with Gasteiger partial charge in [0.25, 0.3) is 11.8 Å². The molecule has 3 aliphatic rings. The predicted molar refractivity (Wildman–Crippen MR) is 233 cm³/mol. The van der Waals surface area contributed by atoms with Gasteiger partial charge in [-0.05, 0) is 49.9 Å². The number of nitrogens with zero attached hydrogens (tertiary/aromatic N) is 5. The van der Waals surface area contributed by atoms with E-state index in [0.717, 1.165) is 50.2 Å². The van der Waals surface area contributed by atoms with Gasteiger partial charge in [0, 0.05) is 81.5 Å².